The third-order valence-electron chi connectivity index (χ3n) is 2.51. The monoisotopic (exact) mass is 270 g/mol. The molecular weight excluding hydrogens is 256 g/mol. The van der Waals surface area contributed by atoms with Crippen molar-refractivity contribution in [2.24, 2.45) is 5.73 Å². The quantitative estimate of drug-likeness (QED) is 0.883. The molecule has 1 heterocycles. The topological polar surface area (TPSA) is 55.0 Å². The lowest BCUT2D eigenvalue weighted by atomic mass is 10.3. The number of aromatic nitrogens is 2. The van der Waals surface area contributed by atoms with Crippen molar-refractivity contribution in [3.8, 4) is 0 Å². The minimum absolute atomic E-state index is 0.655. The number of nitrogens with zero attached hydrogens (tertiary/aromatic N) is 3. The zero-order valence-corrected chi connectivity index (χ0v) is 10.2. The van der Waals surface area contributed by atoms with Gasteiger partial charge in [-0.05, 0) is 41.7 Å². The van der Waals surface area contributed by atoms with Crippen molar-refractivity contribution in [1.29, 1.82) is 0 Å². The Morgan fingerprint density at radius 2 is 2.33 bits per heavy atom. The molecule has 1 saturated carbocycles. The maximum absolute atomic E-state index is 5.54. The number of anilines is 1. The molecule has 82 valence electrons. The molecular formula is C10H15BrN4. The van der Waals surface area contributed by atoms with Crippen LogP contribution in [-0.4, -0.2) is 29.1 Å². The average Bonchev–Trinajstić information content (AvgIpc) is 3.05. The third-order valence-corrected chi connectivity index (χ3v) is 3.07. The Bertz CT molecular complexity index is 327. The molecule has 0 amide bonds. The van der Waals surface area contributed by atoms with Crippen molar-refractivity contribution in [3.63, 3.8) is 0 Å². The highest BCUT2D eigenvalue weighted by atomic mass is 79.9. The van der Waals surface area contributed by atoms with Crippen LogP contribution in [0.5, 0.6) is 0 Å². The van der Waals surface area contributed by atoms with Crippen LogP contribution in [0.1, 0.15) is 19.3 Å². The van der Waals surface area contributed by atoms with Gasteiger partial charge in [0.25, 0.3) is 0 Å². The average molecular weight is 271 g/mol. The molecule has 0 bridgehead atoms. The van der Waals surface area contributed by atoms with Crippen LogP contribution >= 0.6 is 15.9 Å². The van der Waals surface area contributed by atoms with Crippen molar-refractivity contribution in [2.75, 3.05) is 18.0 Å². The number of hydrogen-bond acceptors (Lipinski definition) is 4. The van der Waals surface area contributed by atoms with E-state index in [1.165, 1.54) is 12.8 Å². The molecule has 0 atom stereocenters. The Morgan fingerprint density at radius 3 is 2.93 bits per heavy atom. The summed E-state index contributed by atoms with van der Waals surface area (Å²) in [7, 11) is 0. The first-order chi connectivity index (χ1) is 7.33. The molecule has 0 saturated heterocycles. The second-order valence-electron chi connectivity index (χ2n) is 3.76. The fraction of sp³-hybridized carbons (Fsp3) is 0.600. The Morgan fingerprint density at radius 1 is 1.53 bits per heavy atom. The molecule has 4 nitrogen and oxygen atoms in total. The lowest BCUT2D eigenvalue weighted by Gasteiger charge is -2.23. The first kappa shape index (κ1) is 10.8. The highest BCUT2D eigenvalue weighted by molar-refractivity contribution is 9.10. The van der Waals surface area contributed by atoms with Crippen LogP contribution in [0, 0.1) is 0 Å². The summed E-state index contributed by atoms with van der Waals surface area (Å²) in [5, 5.41) is 0. The van der Waals surface area contributed by atoms with Gasteiger partial charge >= 0.3 is 0 Å². The van der Waals surface area contributed by atoms with Gasteiger partial charge in [0.05, 0.1) is 4.47 Å². The second kappa shape index (κ2) is 4.90. The van der Waals surface area contributed by atoms with Gasteiger partial charge in [0, 0.05) is 18.8 Å². The summed E-state index contributed by atoms with van der Waals surface area (Å²) in [6, 6.07) is 0.655. The molecule has 2 rings (SSSR count). The standard InChI is InChI=1S/C10H15BrN4/c11-9-6-13-7-14-10(9)15(5-1-4-12)8-2-3-8/h6-8H,1-5,12H2. The van der Waals surface area contributed by atoms with E-state index < -0.39 is 0 Å². The van der Waals surface area contributed by atoms with Crippen LogP contribution in [0.15, 0.2) is 17.0 Å². The van der Waals surface area contributed by atoms with E-state index in [-0.39, 0.29) is 0 Å². The maximum atomic E-state index is 5.54. The normalized spacial score (nSPS) is 15.3. The number of hydrogen-bond donors (Lipinski definition) is 1. The molecule has 0 radical (unpaired) electrons. The number of rotatable bonds is 5. The van der Waals surface area contributed by atoms with Gasteiger partial charge in [-0.2, -0.15) is 0 Å². The molecule has 1 aromatic rings. The predicted molar refractivity (Wildman–Crippen MR) is 63.8 cm³/mol. The lowest BCUT2D eigenvalue weighted by Crippen LogP contribution is -2.29. The van der Waals surface area contributed by atoms with Crippen LogP contribution < -0.4 is 10.6 Å². The smallest absolute Gasteiger partial charge is 0.146 e. The first-order valence-electron chi connectivity index (χ1n) is 5.25. The van der Waals surface area contributed by atoms with Gasteiger partial charge in [0.15, 0.2) is 0 Å². The zero-order valence-electron chi connectivity index (χ0n) is 8.56. The van der Waals surface area contributed by atoms with E-state index in [0.29, 0.717) is 6.04 Å². The fourth-order valence-electron chi connectivity index (χ4n) is 1.63. The molecule has 5 heteroatoms. The molecule has 15 heavy (non-hydrogen) atoms. The maximum Gasteiger partial charge on any atom is 0.146 e. The summed E-state index contributed by atoms with van der Waals surface area (Å²) in [6.07, 6.45) is 6.92. The Hall–Kier alpha value is -0.680. The van der Waals surface area contributed by atoms with Crippen LogP contribution in [-0.2, 0) is 0 Å². The van der Waals surface area contributed by atoms with Crippen LogP contribution in [0.2, 0.25) is 0 Å². The second-order valence-corrected chi connectivity index (χ2v) is 4.62. The highest BCUT2D eigenvalue weighted by Crippen LogP contribution is 2.33. The van der Waals surface area contributed by atoms with Gasteiger partial charge in [-0.25, -0.2) is 9.97 Å². The molecule has 1 aliphatic rings. The van der Waals surface area contributed by atoms with Gasteiger partial charge in [-0.3, -0.25) is 0 Å². The fourth-order valence-corrected chi connectivity index (χ4v) is 2.08. The van der Waals surface area contributed by atoms with Gasteiger partial charge in [-0.15, -0.1) is 0 Å². The summed E-state index contributed by atoms with van der Waals surface area (Å²) < 4.78 is 0.967. The minimum atomic E-state index is 0.655. The van der Waals surface area contributed by atoms with Crippen LogP contribution in [0.4, 0.5) is 5.82 Å². The summed E-state index contributed by atoms with van der Waals surface area (Å²) in [5.74, 6) is 1.00. The Labute approximate surface area is 98.0 Å². The summed E-state index contributed by atoms with van der Waals surface area (Å²) in [6.45, 7) is 1.71. The van der Waals surface area contributed by atoms with Crippen molar-refractivity contribution in [3.05, 3.63) is 17.0 Å². The van der Waals surface area contributed by atoms with E-state index in [9.17, 15) is 0 Å². The van der Waals surface area contributed by atoms with Gasteiger partial charge in [0.1, 0.15) is 12.1 Å². The zero-order chi connectivity index (χ0) is 10.7. The molecule has 1 aliphatic carbocycles. The van der Waals surface area contributed by atoms with Crippen LogP contribution in [0.3, 0.4) is 0 Å². The minimum Gasteiger partial charge on any atom is -0.353 e. The predicted octanol–water partition coefficient (Wildman–Crippen LogP) is 1.56. The largest absolute Gasteiger partial charge is 0.353 e. The van der Waals surface area contributed by atoms with Crippen molar-refractivity contribution < 1.29 is 0 Å². The molecule has 1 aromatic heterocycles. The van der Waals surface area contributed by atoms with Crippen molar-refractivity contribution in [2.45, 2.75) is 25.3 Å². The Balaban J connectivity index is 2.13. The molecule has 0 unspecified atom stereocenters. The summed E-state index contributed by atoms with van der Waals surface area (Å²) >= 11 is 3.49. The molecule has 0 aromatic carbocycles. The lowest BCUT2D eigenvalue weighted by molar-refractivity contribution is 0.719. The summed E-state index contributed by atoms with van der Waals surface area (Å²) in [5.41, 5.74) is 5.54. The van der Waals surface area contributed by atoms with E-state index in [1.54, 1.807) is 12.5 Å². The SMILES string of the molecule is NCCCN(c1ncncc1Br)C1CC1. The third kappa shape index (κ3) is 2.66. The van der Waals surface area contributed by atoms with Gasteiger partial charge < -0.3 is 10.6 Å². The molecule has 2 N–H and O–H groups in total. The van der Waals surface area contributed by atoms with E-state index in [1.807, 2.05) is 0 Å². The number of halogens is 1. The molecule has 0 spiro atoms. The first-order valence-corrected chi connectivity index (χ1v) is 6.04. The van der Waals surface area contributed by atoms with Gasteiger partial charge in [0.2, 0.25) is 0 Å². The van der Waals surface area contributed by atoms with Crippen molar-refractivity contribution in [1.82, 2.24) is 9.97 Å². The van der Waals surface area contributed by atoms with Gasteiger partial charge in [-0.1, -0.05) is 0 Å². The Kier molecular flexibility index (Phi) is 3.53. The molecule has 0 aliphatic heterocycles. The number of nitrogens with two attached hydrogens (primary N) is 1. The van der Waals surface area contributed by atoms with E-state index in [4.69, 9.17) is 5.73 Å². The summed E-state index contributed by atoms with van der Waals surface area (Å²) in [4.78, 5) is 10.6. The van der Waals surface area contributed by atoms with Crippen LogP contribution in [0.25, 0.3) is 0 Å². The highest BCUT2D eigenvalue weighted by Gasteiger charge is 2.30. The van der Waals surface area contributed by atoms with E-state index in [2.05, 4.69) is 30.8 Å². The molecule has 1 fully saturated rings. The van der Waals surface area contributed by atoms with E-state index in [0.717, 1.165) is 29.8 Å². The van der Waals surface area contributed by atoms with Crippen molar-refractivity contribution >= 4 is 21.7 Å². The van der Waals surface area contributed by atoms with E-state index >= 15 is 0 Å².